The summed E-state index contributed by atoms with van der Waals surface area (Å²) in [5.74, 6) is -1.56. The van der Waals surface area contributed by atoms with E-state index < -0.39 is 17.9 Å². The molecule has 0 aliphatic rings. The molecule has 0 aromatic carbocycles. The van der Waals surface area contributed by atoms with Crippen molar-refractivity contribution >= 4 is 11.9 Å². The lowest BCUT2D eigenvalue weighted by atomic mass is 9.99. The summed E-state index contributed by atoms with van der Waals surface area (Å²) in [7, 11) is 0. The lowest BCUT2D eigenvalue weighted by molar-refractivity contribution is -0.139. The molecule has 0 rings (SSSR count). The van der Waals surface area contributed by atoms with Crippen LogP contribution in [0.15, 0.2) is 0 Å². The molecule has 5 nitrogen and oxygen atoms in total. The van der Waals surface area contributed by atoms with E-state index in [0.717, 1.165) is 0 Å². The molecule has 0 heterocycles. The summed E-state index contributed by atoms with van der Waals surface area (Å²) in [4.78, 5) is 20.7. The maximum Gasteiger partial charge on any atom is 0.320 e. The smallest absolute Gasteiger partial charge is 0.320 e. The van der Waals surface area contributed by atoms with Crippen LogP contribution < -0.4 is 11.5 Å². The molecule has 1 amide bonds. The number of rotatable bonds is 5. The van der Waals surface area contributed by atoms with Gasteiger partial charge < -0.3 is 16.6 Å². The minimum Gasteiger partial charge on any atom is -0.480 e. The Morgan fingerprint density at radius 3 is 2.33 bits per heavy atom. The monoisotopic (exact) mass is 174 g/mol. The first-order valence-electron chi connectivity index (χ1n) is 3.70. The zero-order valence-electron chi connectivity index (χ0n) is 6.99. The third-order valence-corrected chi connectivity index (χ3v) is 1.52. The molecule has 0 fully saturated rings. The molecule has 5 heteroatoms. The molecule has 12 heavy (non-hydrogen) atoms. The quantitative estimate of drug-likeness (QED) is 0.512. The summed E-state index contributed by atoms with van der Waals surface area (Å²) >= 11 is 0. The molecule has 0 bridgehead atoms. The highest BCUT2D eigenvalue weighted by Crippen LogP contribution is 2.08. The van der Waals surface area contributed by atoms with Gasteiger partial charge in [0.1, 0.15) is 6.04 Å². The van der Waals surface area contributed by atoms with Crippen LogP contribution in [0.4, 0.5) is 0 Å². The van der Waals surface area contributed by atoms with Gasteiger partial charge >= 0.3 is 5.97 Å². The predicted molar refractivity (Wildman–Crippen MR) is 43.2 cm³/mol. The molecule has 0 saturated heterocycles. The minimum atomic E-state index is -1.05. The first-order valence-corrected chi connectivity index (χ1v) is 3.70. The number of primary amides is 1. The van der Waals surface area contributed by atoms with Crippen LogP contribution in [-0.2, 0) is 9.59 Å². The standard InChI is InChI=1S/C7H14N2O3/c1-4(3-6(9)10)2-5(8)7(11)12/h4-5H,2-3,8H2,1H3,(H2,9,10)(H,11,12). The van der Waals surface area contributed by atoms with Crippen molar-refractivity contribution in [3.05, 3.63) is 0 Å². The third kappa shape index (κ3) is 4.68. The predicted octanol–water partition coefficient (Wildman–Crippen LogP) is -0.700. The fraction of sp³-hybridized carbons (Fsp3) is 0.714. The van der Waals surface area contributed by atoms with Gasteiger partial charge in [-0.25, -0.2) is 0 Å². The Balaban J connectivity index is 3.76. The molecular formula is C7H14N2O3. The molecular weight excluding hydrogens is 160 g/mol. The van der Waals surface area contributed by atoms with Crippen molar-refractivity contribution in [3.8, 4) is 0 Å². The van der Waals surface area contributed by atoms with Gasteiger partial charge in [0.25, 0.3) is 0 Å². The highest BCUT2D eigenvalue weighted by atomic mass is 16.4. The van der Waals surface area contributed by atoms with Gasteiger partial charge in [-0.2, -0.15) is 0 Å². The number of nitrogens with two attached hydrogens (primary N) is 2. The SMILES string of the molecule is CC(CC(N)=O)CC(N)C(=O)O. The van der Waals surface area contributed by atoms with E-state index in [2.05, 4.69) is 0 Å². The van der Waals surface area contributed by atoms with Crippen LogP contribution in [0.25, 0.3) is 0 Å². The van der Waals surface area contributed by atoms with Crippen molar-refractivity contribution < 1.29 is 14.7 Å². The second kappa shape index (κ2) is 4.71. The average Bonchev–Trinajstić information content (AvgIpc) is 1.84. The van der Waals surface area contributed by atoms with Crippen molar-refractivity contribution in [2.24, 2.45) is 17.4 Å². The molecule has 0 radical (unpaired) electrons. The van der Waals surface area contributed by atoms with Gasteiger partial charge in [-0.1, -0.05) is 6.92 Å². The zero-order valence-corrected chi connectivity index (χ0v) is 6.99. The van der Waals surface area contributed by atoms with E-state index in [-0.39, 0.29) is 18.8 Å². The number of aliphatic carboxylic acids is 1. The van der Waals surface area contributed by atoms with Crippen LogP contribution in [-0.4, -0.2) is 23.0 Å². The van der Waals surface area contributed by atoms with Gasteiger partial charge in [-0.15, -0.1) is 0 Å². The van der Waals surface area contributed by atoms with Crippen LogP contribution in [0.1, 0.15) is 19.8 Å². The topological polar surface area (TPSA) is 106 Å². The Kier molecular flexibility index (Phi) is 4.28. The second-order valence-electron chi connectivity index (χ2n) is 2.96. The number of amides is 1. The molecule has 0 aromatic heterocycles. The van der Waals surface area contributed by atoms with Gasteiger partial charge in [0.2, 0.25) is 5.91 Å². The van der Waals surface area contributed by atoms with Crippen LogP contribution in [0.3, 0.4) is 0 Å². The Morgan fingerprint density at radius 1 is 1.50 bits per heavy atom. The molecule has 0 aromatic rings. The Bertz CT molecular complexity index is 181. The van der Waals surface area contributed by atoms with Crippen molar-refractivity contribution in [1.29, 1.82) is 0 Å². The first kappa shape index (κ1) is 10.9. The molecule has 0 aliphatic heterocycles. The number of carboxylic acids is 1. The van der Waals surface area contributed by atoms with E-state index >= 15 is 0 Å². The highest BCUT2D eigenvalue weighted by molar-refractivity contribution is 5.75. The van der Waals surface area contributed by atoms with E-state index in [1.54, 1.807) is 6.92 Å². The number of hydrogen-bond donors (Lipinski definition) is 3. The summed E-state index contributed by atoms with van der Waals surface area (Å²) < 4.78 is 0. The minimum absolute atomic E-state index is 0.0754. The molecule has 5 N–H and O–H groups in total. The summed E-state index contributed by atoms with van der Waals surface area (Å²) in [6.45, 7) is 1.74. The third-order valence-electron chi connectivity index (χ3n) is 1.52. The zero-order chi connectivity index (χ0) is 9.72. The van der Waals surface area contributed by atoms with Crippen LogP contribution in [0, 0.1) is 5.92 Å². The van der Waals surface area contributed by atoms with Gasteiger partial charge in [0.15, 0.2) is 0 Å². The van der Waals surface area contributed by atoms with E-state index in [1.165, 1.54) is 0 Å². The fourth-order valence-corrected chi connectivity index (χ4v) is 0.961. The number of hydrogen-bond acceptors (Lipinski definition) is 3. The lowest BCUT2D eigenvalue weighted by Crippen LogP contribution is -2.32. The van der Waals surface area contributed by atoms with Crippen molar-refractivity contribution in [2.75, 3.05) is 0 Å². The number of carbonyl (C=O) groups is 2. The van der Waals surface area contributed by atoms with Crippen LogP contribution in [0.5, 0.6) is 0 Å². The van der Waals surface area contributed by atoms with E-state index in [1.807, 2.05) is 0 Å². The van der Waals surface area contributed by atoms with Crippen molar-refractivity contribution in [1.82, 2.24) is 0 Å². The molecule has 0 aliphatic carbocycles. The van der Waals surface area contributed by atoms with Gasteiger partial charge in [-0.3, -0.25) is 9.59 Å². The van der Waals surface area contributed by atoms with Gasteiger partial charge in [0, 0.05) is 6.42 Å². The molecule has 2 unspecified atom stereocenters. The summed E-state index contributed by atoms with van der Waals surface area (Å²) in [6.07, 6.45) is 0.458. The Morgan fingerprint density at radius 2 is 2.00 bits per heavy atom. The molecule has 2 atom stereocenters. The maximum absolute atomic E-state index is 10.4. The van der Waals surface area contributed by atoms with Crippen LogP contribution >= 0.6 is 0 Å². The van der Waals surface area contributed by atoms with Gasteiger partial charge in [0.05, 0.1) is 0 Å². The summed E-state index contributed by atoms with van der Waals surface area (Å²) in [6, 6.07) is -0.903. The Hall–Kier alpha value is -1.10. The number of carboxylic acid groups (broad SMARTS) is 1. The molecule has 0 saturated carbocycles. The lowest BCUT2D eigenvalue weighted by Gasteiger charge is -2.11. The van der Waals surface area contributed by atoms with Crippen molar-refractivity contribution in [2.45, 2.75) is 25.8 Å². The average molecular weight is 174 g/mol. The van der Waals surface area contributed by atoms with E-state index in [9.17, 15) is 9.59 Å². The van der Waals surface area contributed by atoms with E-state index in [4.69, 9.17) is 16.6 Å². The van der Waals surface area contributed by atoms with E-state index in [0.29, 0.717) is 0 Å². The Labute approximate surface area is 70.7 Å². The first-order chi connectivity index (χ1) is 5.43. The largest absolute Gasteiger partial charge is 0.480 e. The summed E-state index contributed by atoms with van der Waals surface area (Å²) in [5.41, 5.74) is 10.2. The normalized spacial score (nSPS) is 15.2. The number of carbonyl (C=O) groups excluding carboxylic acids is 1. The van der Waals surface area contributed by atoms with Gasteiger partial charge in [-0.05, 0) is 12.3 Å². The molecule has 70 valence electrons. The maximum atomic E-state index is 10.4. The van der Waals surface area contributed by atoms with Crippen molar-refractivity contribution in [3.63, 3.8) is 0 Å². The molecule has 0 spiro atoms. The fourth-order valence-electron chi connectivity index (χ4n) is 0.961. The summed E-state index contributed by atoms with van der Waals surface area (Å²) in [5, 5.41) is 8.42. The van der Waals surface area contributed by atoms with Crippen LogP contribution in [0.2, 0.25) is 0 Å². The second-order valence-corrected chi connectivity index (χ2v) is 2.96. The highest BCUT2D eigenvalue weighted by Gasteiger charge is 2.16.